The molecule has 0 radical (unpaired) electrons. The summed E-state index contributed by atoms with van der Waals surface area (Å²) in [5.74, 6) is 1.21. The largest absolute Gasteiger partial charge is 0.508 e. The molecule has 1 aromatic heterocycles. The Morgan fingerprint density at radius 1 is 1.02 bits per heavy atom. The molecule has 0 bridgehead atoms. The van der Waals surface area contributed by atoms with Gasteiger partial charge in [-0.15, -0.1) is 0 Å². The minimum Gasteiger partial charge on any atom is -0.508 e. The first-order valence-electron chi connectivity index (χ1n) is 14.7. The number of anilines is 2. The molecular weight excluding hydrogens is 530 g/mol. The van der Waals surface area contributed by atoms with E-state index >= 15 is 0 Å². The van der Waals surface area contributed by atoms with E-state index in [9.17, 15) is 9.90 Å². The maximum Gasteiger partial charge on any atom is 0.318 e. The number of hydrogen-bond donors (Lipinski definition) is 1. The summed E-state index contributed by atoms with van der Waals surface area (Å²) in [5, 5.41) is 12.6. The number of rotatable bonds is 9. The van der Waals surface area contributed by atoms with Crippen LogP contribution in [0.2, 0.25) is 0 Å². The molecule has 224 valence electrons. The molecule has 10 heteroatoms. The van der Waals surface area contributed by atoms with Crippen LogP contribution in [0, 0.1) is 0 Å². The Kier molecular flexibility index (Phi) is 9.13. The monoisotopic (exact) mass is 573 g/mol. The van der Waals surface area contributed by atoms with Gasteiger partial charge in [0.1, 0.15) is 17.7 Å². The minimum absolute atomic E-state index is 0.0525. The van der Waals surface area contributed by atoms with Crippen molar-refractivity contribution in [2.24, 2.45) is 0 Å². The fourth-order valence-electron chi connectivity index (χ4n) is 5.78. The first-order valence-corrected chi connectivity index (χ1v) is 14.7. The lowest BCUT2D eigenvalue weighted by atomic mass is 10.0. The normalized spacial score (nSPS) is 16.5. The lowest BCUT2D eigenvalue weighted by Gasteiger charge is -2.38. The summed E-state index contributed by atoms with van der Waals surface area (Å²) in [6, 6.07) is 12.2. The summed E-state index contributed by atoms with van der Waals surface area (Å²) < 4.78 is 6.25. The second-order valence-electron chi connectivity index (χ2n) is 11.8. The standard InChI is InChI=1S/C32H43N7O3/c1-23(21-36(4)5)42-32-33-28-22-39(29-20-25(40)19-24-9-6-7-10-26(24)29)14-12-27(28)31(34-32)38-17-15-37(16-18-38)30(41)11-8-13-35(2)3/h6-11,19-20,23,40H,12-18,21-22H2,1-5H3/b11-8+/t23-/m1/s1. The number of hydrogen-bond acceptors (Lipinski definition) is 9. The fraction of sp³-hybridized carbons (Fsp3) is 0.469. The molecule has 1 atom stereocenters. The van der Waals surface area contributed by atoms with Crippen LogP contribution in [0.1, 0.15) is 18.2 Å². The van der Waals surface area contributed by atoms with Crippen molar-refractivity contribution < 1.29 is 14.6 Å². The molecule has 2 aliphatic heterocycles. The highest BCUT2D eigenvalue weighted by molar-refractivity contribution is 5.95. The highest BCUT2D eigenvalue weighted by Gasteiger charge is 2.29. The highest BCUT2D eigenvalue weighted by Crippen LogP contribution is 2.36. The molecule has 0 aliphatic carbocycles. The van der Waals surface area contributed by atoms with Crippen molar-refractivity contribution in [3.8, 4) is 11.8 Å². The number of amides is 1. The predicted octanol–water partition coefficient (Wildman–Crippen LogP) is 2.99. The summed E-state index contributed by atoms with van der Waals surface area (Å²) in [6.07, 6.45) is 4.29. The molecule has 0 unspecified atom stereocenters. The second kappa shape index (κ2) is 13.0. The van der Waals surface area contributed by atoms with E-state index in [4.69, 9.17) is 14.7 Å². The Labute approximate surface area is 248 Å². The molecule has 1 fully saturated rings. The van der Waals surface area contributed by atoms with E-state index in [0.29, 0.717) is 38.7 Å². The van der Waals surface area contributed by atoms with Crippen molar-refractivity contribution in [2.75, 3.05) is 83.8 Å². The van der Waals surface area contributed by atoms with Crippen molar-refractivity contribution in [1.82, 2.24) is 24.7 Å². The molecule has 5 rings (SSSR count). The fourth-order valence-corrected chi connectivity index (χ4v) is 5.78. The number of carbonyl (C=O) groups is 1. The van der Waals surface area contributed by atoms with E-state index in [1.807, 2.05) is 75.3 Å². The first-order chi connectivity index (χ1) is 20.2. The van der Waals surface area contributed by atoms with Crippen molar-refractivity contribution >= 4 is 28.2 Å². The molecule has 2 aliphatic rings. The first kappa shape index (κ1) is 29.6. The Morgan fingerprint density at radius 2 is 1.79 bits per heavy atom. The number of nitrogens with zero attached hydrogens (tertiary/aromatic N) is 7. The van der Waals surface area contributed by atoms with Gasteiger partial charge < -0.3 is 34.3 Å². The zero-order valence-corrected chi connectivity index (χ0v) is 25.5. The number of fused-ring (bicyclic) bond motifs is 2. The third kappa shape index (κ3) is 6.94. The van der Waals surface area contributed by atoms with E-state index in [2.05, 4.69) is 20.8 Å². The van der Waals surface area contributed by atoms with Gasteiger partial charge >= 0.3 is 6.01 Å². The zero-order valence-electron chi connectivity index (χ0n) is 25.5. The predicted molar refractivity (Wildman–Crippen MR) is 168 cm³/mol. The Hall–Kier alpha value is -3.89. The number of ether oxygens (including phenoxy) is 1. The van der Waals surface area contributed by atoms with E-state index in [0.717, 1.165) is 59.6 Å². The number of likely N-dealkylation sites (N-methyl/N-ethyl adjacent to an activating group) is 2. The van der Waals surface area contributed by atoms with Crippen LogP contribution in [-0.2, 0) is 17.8 Å². The van der Waals surface area contributed by atoms with Crippen LogP contribution in [0.3, 0.4) is 0 Å². The molecular formula is C32H43N7O3. The van der Waals surface area contributed by atoms with Crippen LogP contribution in [-0.4, -0.2) is 116 Å². The maximum absolute atomic E-state index is 12.7. The number of aromatic hydroxyl groups is 1. The van der Waals surface area contributed by atoms with Crippen molar-refractivity contribution in [2.45, 2.75) is 26.0 Å². The van der Waals surface area contributed by atoms with E-state index < -0.39 is 0 Å². The van der Waals surface area contributed by atoms with E-state index in [-0.39, 0.29) is 17.8 Å². The summed E-state index contributed by atoms with van der Waals surface area (Å²) in [5.41, 5.74) is 3.07. The van der Waals surface area contributed by atoms with Gasteiger partial charge in [-0.05, 0) is 53.0 Å². The summed E-state index contributed by atoms with van der Waals surface area (Å²) in [6.45, 7) is 7.56. The van der Waals surface area contributed by atoms with Gasteiger partial charge in [0.25, 0.3) is 0 Å². The summed E-state index contributed by atoms with van der Waals surface area (Å²) >= 11 is 0. The lowest BCUT2D eigenvalue weighted by Crippen LogP contribution is -2.49. The summed E-state index contributed by atoms with van der Waals surface area (Å²) in [4.78, 5) is 33.2. The highest BCUT2D eigenvalue weighted by atomic mass is 16.5. The van der Waals surface area contributed by atoms with Gasteiger partial charge in [-0.25, -0.2) is 0 Å². The molecule has 1 amide bonds. The van der Waals surface area contributed by atoms with Crippen LogP contribution >= 0.6 is 0 Å². The van der Waals surface area contributed by atoms with Crippen molar-refractivity contribution in [1.29, 1.82) is 0 Å². The number of phenols is 1. The smallest absolute Gasteiger partial charge is 0.318 e. The third-order valence-electron chi connectivity index (χ3n) is 7.74. The number of benzene rings is 2. The average Bonchev–Trinajstić information content (AvgIpc) is 2.95. The van der Waals surface area contributed by atoms with Crippen LogP contribution < -0.4 is 14.5 Å². The number of aromatic nitrogens is 2. The molecule has 3 aromatic rings. The quantitative estimate of drug-likeness (QED) is 0.388. The molecule has 0 saturated carbocycles. The maximum atomic E-state index is 12.7. The SMILES string of the molecule is C[C@H](CN(C)C)Oc1nc2c(c(N3CCN(C(=O)/C=C/CN(C)C)CC3)n1)CCN(c1cc(O)cc3ccccc13)C2. The van der Waals surface area contributed by atoms with Gasteiger partial charge in [-0.1, -0.05) is 30.3 Å². The topological polar surface area (TPSA) is 88.5 Å². The van der Waals surface area contributed by atoms with Crippen LogP contribution in [0.25, 0.3) is 10.8 Å². The molecule has 0 spiro atoms. The van der Waals surface area contributed by atoms with Gasteiger partial charge in [0.2, 0.25) is 5.91 Å². The van der Waals surface area contributed by atoms with Gasteiger partial charge in [-0.2, -0.15) is 9.97 Å². The Morgan fingerprint density at radius 3 is 2.52 bits per heavy atom. The Bertz CT molecular complexity index is 1430. The number of phenolic OH excluding ortho intramolecular Hbond substituents is 1. The molecule has 10 nitrogen and oxygen atoms in total. The molecule has 2 aromatic carbocycles. The van der Waals surface area contributed by atoms with Gasteiger partial charge in [-0.3, -0.25) is 4.79 Å². The Balaban J connectivity index is 1.41. The van der Waals surface area contributed by atoms with Crippen LogP contribution in [0.5, 0.6) is 11.8 Å². The second-order valence-corrected chi connectivity index (χ2v) is 11.8. The molecule has 42 heavy (non-hydrogen) atoms. The van der Waals surface area contributed by atoms with Crippen molar-refractivity contribution in [3.63, 3.8) is 0 Å². The van der Waals surface area contributed by atoms with Gasteiger partial charge in [0.05, 0.1) is 12.2 Å². The van der Waals surface area contributed by atoms with Gasteiger partial charge in [0.15, 0.2) is 0 Å². The van der Waals surface area contributed by atoms with E-state index in [1.165, 1.54) is 0 Å². The van der Waals surface area contributed by atoms with Crippen LogP contribution in [0.15, 0.2) is 48.6 Å². The van der Waals surface area contributed by atoms with E-state index in [1.54, 1.807) is 12.1 Å². The lowest BCUT2D eigenvalue weighted by molar-refractivity contribution is -0.126. The summed E-state index contributed by atoms with van der Waals surface area (Å²) in [7, 11) is 8.01. The average molecular weight is 574 g/mol. The van der Waals surface area contributed by atoms with Crippen LogP contribution in [0.4, 0.5) is 11.5 Å². The number of piperazine rings is 1. The van der Waals surface area contributed by atoms with Crippen molar-refractivity contribution in [3.05, 3.63) is 59.8 Å². The third-order valence-corrected chi connectivity index (χ3v) is 7.74. The molecule has 3 heterocycles. The number of carbonyl (C=O) groups excluding carboxylic acids is 1. The molecule has 1 saturated heterocycles. The molecule has 1 N–H and O–H groups in total. The minimum atomic E-state index is -0.0796. The zero-order chi connectivity index (χ0) is 29.8. The van der Waals surface area contributed by atoms with Gasteiger partial charge in [0, 0.05) is 74.6 Å².